The van der Waals surface area contributed by atoms with Gasteiger partial charge in [0.15, 0.2) is 0 Å². The third-order valence-electron chi connectivity index (χ3n) is 3.77. The Kier molecular flexibility index (Phi) is 8.74. The number of carbonyl (C=O) groups excluding carboxylic acids is 2. The van der Waals surface area contributed by atoms with Gasteiger partial charge >= 0.3 is 0 Å². The van der Waals surface area contributed by atoms with E-state index in [1.165, 1.54) is 0 Å². The van der Waals surface area contributed by atoms with Crippen molar-refractivity contribution in [2.45, 2.75) is 44.9 Å². The molecule has 0 heterocycles. The maximum Gasteiger partial charge on any atom is 0.240 e. The van der Waals surface area contributed by atoms with E-state index >= 15 is 0 Å². The van der Waals surface area contributed by atoms with Crippen LogP contribution in [0, 0.1) is 5.92 Å². The number of hydrogen-bond donors (Lipinski definition) is 3. The van der Waals surface area contributed by atoms with Crippen molar-refractivity contribution in [3.05, 3.63) is 29.8 Å². The van der Waals surface area contributed by atoms with Crippen LogP contribution >= 0.6 is 0 Å². The van der Waals surface area contributed by atoms with Crippen LogP contribution in [0.2, 0.25) is 0 Å². The topological polar surface area (TPSA) is 104 Å². The maximum absolute atomic E-state index is 12.2. The Labute approximate surface area is 156 Å². The lowest BCUT2D eigenvalue weighted by Gasteiger charge is -2.10. The average Bonchev–Trinajstić information content (AvgIpc) is 2.58. The van der Waals surface area contributed by atoms with Crippen molar-refractivity contribution in [3.63, 3.8) is 0 Å². The second-order valence-electron chi connectivity index (χ2n) is 6.67. The molecule has 0 fully saturated rings. The smallest absolute Gasteiger partial charge is 0.240 e. The summed E-state index contributed by atoms with van der Waals surface area (Å²) in [5, 5.41) is 5.32. The molecule has 1 aromatic carbocycles. The van der Waals surface area contributed by atoms with Crippen molar-refractivity contribution in [1.29, 1.82) is 0 Å². The normalized spacial score (nSPS) is 11.6. The highest BCUT2D eigenvalue weighted by Gasteiger charge is 2.14. The molecule has 0 aliphatic rings. The number of carbonyl (C=O) groups is 2. The van der Waals surface area contributed by atoms with Gasteiger partial charge in [-0.2, -0.15) is 0 Å². The summed E-state index contributed by atoms with van der Waals surface area (Å²) in [5.41, 5.74) is 1.06. The Morgan fingerprint density at radius 3 is 2.04 bits per heavy atom. The fourth-order valence-corrected chi connectivity index (χ4v) is 3.13. The number of amides is 2. The van der Waals surface area contributed by atoms with E-state index in [0.29, 0.717) is 19.0 Å². The predicted octanol–water partition coefficient (Wildman–Crippen LogP) is 1.37. The van der Waals surface area contributed by atoms with Crippen molar-refractivity contribution >= 4 is 21.8 Å². The molecule has 0 saturated carbocycles. The monoisotopic (exact) mass is 383 g/mol. The number of benzene rings is 1. The molecule has 26 heavy (non-hydrogen) atoms. The van der Waals surface area contributed by atoms with Crippen LogP contribution in [0.5, 0.6) is 0 Å². The minimum atomic E-state index is -3.63. The van der Waals surface area contributed by atoms with Gasteiger partial charge in [0.2, 0.25) is 21.8 Å². The molecule has 146 valence electrons. The molecule has 1 rings (SSSR count). The molecule has 0 radical (unpaired) electrons. The second kappa shape index (κ2) is 10.3. The van der Waals surface area contributed by atoms with Crippen LogP contribution in [-0.4, -0.2) is 39.9 Å². The summed E-state index contributed by atoms with van der Waals surface area (Å²) in [6.45, 7) is 8.31. The van der Waals surface area contributed by atoms with Crippen LogP contribution in [0.1, 0.15) is 45.6 Å². The largest absolute Gasteiger partial charge is 0.354 e. The molecule has 3 N–H and O–H groups in total. The Bertz CT molecular complexity index is 698. The first-order valence-electron chi connectivity index (χ1n) is 8.77. The molecule has 1 aromatic rings. The number of rotatable bonds is 10. The third kappa shape index (κ3) is 7.53. The molecule has 0 aromatic heterocycles. The fourth-order valence-electron chi connectivity index (χ4n) is 2.09. The summed E-state index contributed by atoms with van der Waals surface area (Å²) < 4.78 is 26.8. The number of nitrogens with one attached hydrogen (secondary N) is 3. The fraction of sp³-hybridized carbons (Fsp3) is 0.556. The lowest BCUT2D eigenvalue weighted by atomic mass is 10.0. The van der Waals surface area contributed by atoms with E-state index in [1.54, 1.807) is 38.1 Å². The molecule has 7 nitrogen and oxygen atoms in total. The van der Waals surface area contributed by atoms with E-state index < -0.39 is 10.0 Å². The van der Waals surface area contributed by atoms with E-state index in [0.717, 1.165) is 5.56 Å². The lowest BCUT2D eigenvalue weighted by Crippen LogP contribution is -2.37. The molecular weight excluding hydrogens is 354 g/mol. The van der Waals surface area contributed by atoms with Crippen LogP contribution in [-0.2, 0) is 19.6 Å². The van der Waals surface area contributed by atoms with Crippen molar-refractivity contribution in [2.24, 2.45) is 5.92 Å². The van der Waals surface area contributed by atoms with Crippen LogP contribution in [0.25, 0.3) is 0 Å². The highest BCUT2D eigenvalue weighted by atomic mass is 32.2. The quantitative estimate of drug-likeness (QED) is 0.531. The van der Waals surface area contributed by atoms with Gasteiger partial charge < -0.3 is 10.6 Å². The molecule has 0 unspecified atom stereocenters. The van der Waals surface area contributed by atoms with Crippen molar-refractivity contribution < 1.29 is 18.0 Å². The Hall–Kier alpha value is -1.93. The SMILES string of the molecule is CC(C)C(=O)NCCNC(=O)CCNS(=O)(=O)c1ccc(C(C)C)cc1. The minimum Gasteiger partial charge on any atom is -0.354 e. The zero-order chi connectivity index (χ0) is 19.7. The zero-order valence-corrected chi connectivity index (χ0v) is 16.7. The molecular formula is C18H29N3O4S. The van der Waals surface area contributed by atoms with Gasteiger partial charge in [-0.05, 0) is 23.6 Å². The van der Waals surface area contributed by atoms with E-state index in [-0.39, 0.29) is 35.6 Å². The highest BCUT2D eigenvalue weighted by Crippen LogP contribution is 2.17. The van der Waals surface area contributed by atoms with Gasteiger partial charge in [-0.15, -0.1) is 0 Å². The predicted molar refractivity (Wildman–Crippen MR) is 101 cm³/mol. The summed E-state index contributed by atoms with van der Waals surface area (Å²) in [7, 11) is -3.63. The van der Waals surface area contributed by atoms with E-state index in [4.69, 9.17) is 0 Å². The first kappa shape index (κ1) is 22.1. The molecule has 2 amide bonds. The van der Waals surface area contributed by atoms with Crippen LogP contribution < -0.4 is 15.4 Å². The number of sulfonamides is 1. The van der Waals surface area contributed by atoms with Gasteiger partial charge in [0.25, 0.3) is 0 Å². The maximum atomic E-state index is 12.2. The first-order chi connectivity index (χ1) is 12.1. The molecule has 0 aliphatic carbocycles. The van der Waals surface area contributed by atoms with Crippen LogP contribution in [0.15, 0.2) is 29.2 Å². The Balaban J connectivity index is 2.34. The molecule has 0 saturated heterocycles. The average molecular weight is 384 g/mol. The summed E-state index contributed by atoms with van der Waals surface area (Å²) in [6.07, 6.45) is 0.0292. The standard InChI is InChI=1S/C18H29N3O4S/c1-13(2)15-5-7-16(8-6-15)26(24,25)21-10-9-17(22)19-11-12-20-18(23)14(3)4/h5-8,13-14,21H,9-12H2,1-4H3,(H,19,22)(H,20,23). The van der Waals surface area contributed by atoms with Crippen LogP contribution in [0.3, 0.4) is 0 Å². The van der Waals surface area contributed by atoms with E-state index in [9.17, 15) is 18.0 Å². The summed E-state index contributed by atoms with van der Waals surface area (Å²) >= 11 is 0. The van der Waals surface area contributed by atoms with E-state index in [1.807, 2.05) is 13.8 Å². The van der Waals surface area contributed by atoms with Gasteiger partial charge in [-0.1, -0.05) is 39.8 Å². The first-order valence-corrected chi connectivity index (χ1v) is 10.3. The molecule has 0 aliphatic heterocycles. The molecule has 8 heteroatoms. The molecule has 0 atom stereocenters. The third-order valence-corrected chi connectivity index (χ3v) is 5.25. The molecule has 0 bridgehead atoms. The van der Waals surface area contributed by atoms with Gasteiger partial charge in [0.05, 0.1) is 4.90 Å². The molecule has 0 spiro atoms. The number of hydrogen-bond acceptors (Lipinski definition) is 4. The van der Waals surface area contributed by atoms with Gasteiger partial charge in [0.1, 0.15) is 0 Å². The highest BCUT2D eigenvalue weighted by molar-refractivity contribution is 7.89. The van der Waals surface area contributed by atoms with Gasteiger partial charge in [-0.3, -0.25) is 9.59 Å². The lowest BCUT2D eigenvalue weighted by molar-refractivity contribution is -0.124. The van der Waals surface area contributed by atoms with Crippen molar-refractivity contribution in [3.8, 4) is 0 Å². The van der Waals surface area contributed by atoms with Gasteiger partial charge in [-0.25, -0.2) is 13.1 Å². The van der Waals surface area contributed by atoms with Crippen molar-refractivity contribution in [1.82, 2.24) is 15.4 Å². The summed E-state index contributed by atoms with van der Waals surface area (Å²) in [6, 6.07) is 6.71. The summed E-state index contributed by atoms with van der Waals surface area (Å²) in [4.78, 5) is 23.2. The minimum absolute atomic E-state index is 0.0124. The Morgan fingerprint density at radius 2 is 1.50 bits per heavy atom. The summed E-state index contributed by atoms with van der Waals surface area (Å²) in [5.74, 6) is -0.124. The van der Waals surface area contributed by atoms with Crippen LogP contribution in [0.4, 0.5) is 0 Å². The van der Waals surface area contributed by atoms with Gasteiger partial charge in [0, 0.05) is 32.0 Å². The zero-order valence-electron chi connectivity index (χ0n) is 15.8. The second-order valence-corrected chi connectivity index (χ2v) is 8.43. The Morgan fingerprint density at radius 1 is 0.923 bits per heavy atom. The van der Waals surface area contributed by atoms with Crippen molar-refractivity contribution in [2.75, 3.05) is 19.6 Å². The van der Waals surface area contributed by atoms with E-state index in [2.05, 4.69) is 15.4 Å².